The van der Waals surface area contributed by atoms with Crippen molar-refractivity contribution < 1.29 is 23.8 Å². The highest BCUT2D eigenvalue weighted by Crippen LogP contribution is 2.25. The van der Waals surface area contributed by atoms with Gasteiger partial charge in [0.2, 0.25) is 0 Å². The van der Waals surface area contributed by atoms with Crippen molar-refractivity contribution in [3.05, 3.63) is 24.2 Å². The molecule has 19 heavy (non-hydrogen) atoms. The van der Waals surface area contributed by atoms with Crippen molar-refractivity contribution >= 4 is 11.9 Å². The average Bonchev–Trinajstić information content (AvgIpc) is 2.66. The zero-order chi connectivity index (χ0) is 14.6. The lowest BCUT2D eigenvalue weighted by atomic mass is 9.95. The molecular weight excluding hydrogens is 250 g/mol. The standard InChI is InChI=1S/C13H19NO5/c1-13(2,3)19-12(17)11(8(14)7-10(15)16)9-5-4-6-18-9/h4-6,8,11H,7,14H2,1-3H3,(H,15,16)/t8-,11?/m1/s1. The molecule has 2 atom stereocenters. The van der Waals surface area contributed by atoms with Crippen LogP contribution in [0.5, 0.6) is 0 Å². The van der Waals surface area contributed by atoms with Gasteiger partial charge < -0.3 is 20.0 Å². The highest BCUT2D eigenvalue weighted by atomic mass is 16.6. The number of hydrogen-bond acceptors (Lipinski definition) is 5. The third-order valence-electron chi connectivity index (χ3n) is 2.35. The van der Waals surface area contributed by atoms with E-state index >= 15 is 0 Å². The smallest absolute Gasteiger partial charge is 0.318 e. The summed E-state index contributed by atoms with van der Waals surface area (Å²) in [7, 11) is 0. The molecule has 1 rings (SSSR count). The average molecular weight is 269 g/mol. The first-order chi connectivity index (χ1) is 8.70. The van der Waals surface area contributed by atoms with Gasteiger partial charge in [-0.3, -0.25) is 9.59 Å². The highest BCUT2D eigenvalue weighted by Gasteiger charge is 2.34. The highest BCUT2D eigenvalue weighted by molar-refractivity contribution is 5.80. The van der Waals surface area contributed by atoms with E-state index in [1.165, 1.54) is 6.26 Å². The van der Waals surface area contributed by atoms with Crippen molar-refractivity contribution in [2.75, 3.05) is 0 Å². The predicted molar refractivity (Wildman–Crippen MR) is 67.5 cm³/mol. The van der Waals surface area contributed by atoms with Crippen LogP contribution in [0.15, 0.2) is 22.8 Å². The normalized spacial score (nSPS) is 14.7. The summed E-state index contributed by atoms with van der Waals surface area (Å²) in [5.74, 6) is -2.28. The molecule has 1 aromatic heterocycles. The van der Waals surface area contributed by atoms with E-state index in [1.54, 1.807) is 32.9 Å². The van der Waals surface area contributed by atoms with E-state index in [4.69, 9.17) is 20.0 Å². The van der Waals surface area contributed by atoms with Crippen LogP contribution in [0.2, 0.25) is 0 Å². The lowest BCUT2D eigenvalue weighted by molar-refractivity contribution is -0.158. The Balaban J connectivity index is 2.93. The molecule has 106 valence electrons. The van der Waals surface area contributed by atoms with Gasteiger partial charge in [-0.25, -0.2) is 0 Å². The largest absolute Gasteiger partial charge is 0.481 e. The van der Waals surface area contributed by atoms with Crippen LogP contribution in [0.3, 0.4) is 0 Å². The lowest BCUT2D eigenvalue weighted by Gasteiger charge is -2.25. The van der Waals surface area contributed by atoms with Gasteiger partial charge in [0.05, 0.1) is 12.7 Å². The molecule has 0 aliphatic heterocycles. The second-order valence-corrected chi connectivity index (χ2v) is 5.29. The number of carboxylic acids is 1. The number of carbonyl (C=O) groups is 2. The Hall–Kier alpha value is -1.82. The molecule has 0 amide bonds. The molecule has 0 fully saturated rings. The minimum Gasteiger partial charge on any atom is -0.481 e. The van der Waals surface area contributed by atoms with Crippen LogP contribution in [-0.4, -0.2) is 28.7 Å². The van der Waals surface area contributed by atoms with Crippen LogP contribution in [0.4, 0.5) is 0 Å². The molecule has 0 aliphatic rings. The first-order valence-electron chi connectivity index (χ1n) is 5.94. The molecule has 0 bridgehead atoms. The number of rotatable bonds is 5. The summed E-state index contributed by atoms with van der Waals surface area (Å²) < 4.78 is 10.4. The Morgan fingerprint density at radius 2 is 2.11 bits per heavy atom. The van der Waals surface area contributed by atoms with Gasteiger partial charge >= 0.3 is 11.9 Å². The van der Waals surface area contributed by atoms with E-state index in [1.807, 2.05) is 0 Å². The fraction of sp³-hybridized carbons (Fsp3) is 0.538. The summed E-state index contributed by atoms with van der Waals surface area (Å²) in [6.07, 6.45) is 1.06. The van der Waals surface area contributed by atoms with Crippen molar-refractivity contribution in [3.63, 3.8) is 0 Å². The van der Waals surface area contributed by atoms with E-state index in [-0.39, 0.29) is 6.42 Å². The molecule has 0 aliphatic carbocycles. The van der Waals surface area contributed by atoms with E-state index < -0.39 is 29.5 Å². The molecule has 6 heteroatoms. The number of carboxylic acid groups (broad SMARTS) is 1. The Labute approximate surface area is 111 Å². The SMILES string of the molecule is CC(C)(C)OC(=O)C(c1ccco1)[C@H](N)CC(=O)O. The van der Waals surface area contributed by atoms with Crippen molar-refractivity contribution in [3.8, 4) is 0 Å². The van der Waals surface area contributed by atoms with Crippen molar-refractivity contribution in [2.24, 2.45) is 5.73 Å². The quantitative estimate of drug-likeness (QED) is 0.785. The molecule has 0 saturated carbocycles. The summed E-state index contributed by atoms with van der Waals surface area (Å²) in [5, 5.41) is 8.78. The van der Waals surface area contributed by atoms with Gasteiger partial charge in [0.15, 0.2) is 0 Å². The van der Waals surface area contributed by atoms with E-state index in [0.29, 0.717) is 5.76 Å². The second kappa shape index (κ2) is 5.88. The fourth-order valence-corrected chi connectivity index (χ4v) is 1.65. The number of aliphatic carboxylic acids is 1. The first-order valence-corrected chi connectivity index (χ1v) is 5.94. The van der Waals surface area contributed by atoms with Gasteiger partial charge in [-0.1, -0.05) is 0 Å². The van der Waals surface area contributed by atoms with Gasteiger partial charge in [-0.2, -0.15) is 0 Å². The van der Waals surface area contributed by atoms with Gasteiger partial charge in [-0.15, -0.1) is 0 Å². The molecule has 1 heterocycles. The number of carbonyl (C=O) groups excluding carboxylic acids is 1. The predicted octanol–water partition coefficient (Wildman–Crippen LogP) is 1.51. The van der Waals surface area contributed by atoms with E-state index in [2.05, 4.69) is 0 Å². The molecule has 1 unspecified atom stereocenters. The zero-order valence-corrected chi connectivity index (χ0v) is 11.3. The van der Waals surface area contributed by atoms with Crippen LogP contribution in [0, 0.1) is 0 Å². The van der Waals surface area contributed by atoms with Crippen LogP contribution < -0.4 is 5.73 Å². The van der Waals surface area contributed by atoms with Crippen LogP contribution in [-0.2, 0) is 14.3 Å². The van der Waals surface area contributed by atoms with E-state index in [9.17, 15) is 9.59 Å². The number of ether oxygens (including phenoxy) is 1. The fourth-order valence-electron chi connectivity index (χ4n) is 1.65. The zero-order valence-electron chi connectivity index (χ0n) is 11.3. The Bertz CT molecular complexity index is 432. The summed E-state index contributed by atoms with van der Waals surface area (Å²) >= 11 is 0. The van der Waals surface area contributed by atoms with Gasteiger partial charge in [0.1, 0.15) is 17.3 Å². The van der Waals surface area contributed by atoms with Gasteiger partial charge in [-0.05, 0) is 32.9 Å². The monoisotopic (exact) mass is 269 g/mol. The topological polar surface area (TPSA) is 103 Å². The van der Waals surface area contributed by atoms with Crippen LogP contribution >= 0.6 is 0 Å². The molecule has 6 nitrogen and oxygen atoms in total. The molecular formula is C13H19NO5. The number of nitrogens with two attached hydrogens (primary N) is 1. The maximum atomic E-state index is 12.1. The molecule has 0 saturated heterocycles. The Morgan fingerprint density at radius 1 is 1.47 bits per heavy atom. The van der Waals surface area contributed by atoms with Crippen molar-refractivity contribution in [1.29, 1.82) is 0 Å². The maximum Gasteiger partial charge on any atom is 0.318 e. The third-order valence-corrected chi connectivity index (χ3v) is 2.35. The third kappa shape index (κ3) is 4.75. The van der Waals surface area contributed by atoms with E-state index in [0.717, 1.165) is 0 Å². The maximum absolute atomic E-state index is 12.1. The van der Waals surface area contributed by atoms with Crippen LogP contribution in [0.25, 0.3) is 0 Å². The number of esters is 1. The molecule has 1 aromatic rings. The van der Waals surface area contributed by atoms with Crippen molar-refractivity contribution in [2.45, 2.75) is 44.8 Å². The minimum atomic E-state index is -1.08. The first kappa shape index (κ1) is 15.2. The summed E-state index contributed by atoms with van der Waals surface area (Å²) in [5.41, 5.74) is 5.11. The summed E-state index contributed by atoms with van der Waals surface area (Å²) in [6.45, 7) is 5.19. The molecule has 0 aromatic carbocycles. The summed E-state index contributed by atoms with van der Waals surface area (Å²) in [6, 6.07) is 2.29. The molecule has 3 N–H and O–H groups in total. The minimum absolute atomic E-state index is 0.308. The van der Waals surface area contributed by atoms with Crippen LogP contribution in [0.1, 0.15) is 38.9 Å². The second-order valence-electron chi connectivity index (χ2n) is 5.29. The summed E-state index contributed by atoms with van der Waals surface area (Å²) in [4.78, 5) is 22.9. The van der Waals surface area contributed by atoms with Gasteiger partial charge in [0, 0.05) is 6.04 Å². The number of hydrogen-bond donors (Lipinski definition) is 2. The lowest BCUT2D eigenvalue weighted by Crippen LogP contribution is -2.39. The Morgan fingerprint density at radius 3 is 2.53 bits per heavy atom. The Kier molecular flexibility index (Phi) is 4.72. The molecule has 0 spiro atoms. The number of furan rings is 1. The van der Waals surface area contributed by atoms with Crippen molar-refractivity contribution in [1.82, 2.24) is 0 Å². The van der Waals surface area contributed by atoms with Gasteiger partial charge in [0.25, 0.3) is 0 Å². The molecule has 0 radical (unpaired) electrons.